The number of aromatic nitrogens is 1. The zero-order chi connectivity index (χ0) is 13.1. The SMILES string of the molecule is CC(O)Cc1cccc(-c2cc(C(=O)O)on2)c1. The van der Waals surface area contributed by atoms with Gasteiger partial charge in [-0.15, -0.1) is 0 Å². The first kappa shape index (κ1) is 12.3. The van der Waals surface area contributed by atoms with Crippen LogP contribution in [-0.2, 0) is 6.42 Å². The number of carboxylic acid groups (broad SMARTS) is 1. The first-order valence-electron chi connectivity index (χ1n) is 5.53. The van der Waals surface area contributed by atoms with Crippen molar-refractivity contribution in [2.45, 2.75) is 19.4 Å². The van der Waals surface area contributed by atoms with Crippen LogP contribution in [0.3, 0.4) is 0 Å². The number of aliphatic hydroxyl groups excluding tert-OH is 1. The van der Waals surface area contributed by atoms with Crippen molar-refractivity contribution in [3.8, 4) is 11.3 Å². The molecule has 0 aliphatic heterocycles. The van der Waals surface area contributed by atoms with Crippen LogP contribution < -0.4 is 0 Å². The molecule has 1 unspecified atom stereocenters. The van der Waals surface area contributed by atoms with E-state index < -0.39 is 12.1 Å². The molecule has 1 atom stereocenters. The van der Waals surface area contributed by atoms with E-state index in [1.54, 1.807) is 6.92 Å². The summed E-state index contributed by atoms with van der Waals surface area (Å²) in [5, 5.41) is 21.8. The van der Waals surface area contributed by atoms with Crippen LogP contribution in [0.25, 0.3) is 11.3 Å². The topological polar surface area (TPSA) is 83.6 Å². The molecule has 0 saturated carbocycles. The van der Waals surface area contributed by atoms with Crippen LogP contribution in [0.4, 0.5) is 0 Å². The van der Waals surface area contributed by atoms with Crippen molar-refractivity contribution < 1.29 is 19.5 Å². The van der Waals surface area contributed by atoms with Crippen molar-refractivity contribution in [1.82, 2.24) is 5.16 Å². The predicted molar refractivity (Wildman–Crippen MR) is 64.3 cm³/mol. The molecule has 1 aromatic heterocycles. The lowest BCUT2D eigenvalue weighted by molar-refractivity contribution is 0.0652. The third-order valence-electron chi connectivity index (χ3n) is 2.47. The maximum atomic E-state index is 10.7. The second-order valence-corrected chi connectivity index (χ2v) is 4.14. The second kappa shape index (κ2) is 5.01. The quantitative estimate of drug-likeness (QED) is 0.862. The van der Waals surface area contributed by atoms with E-state index in [-0.39, 0.29) is 5.76 Å². The molecule has 0 spiro atoms. The normalized spacial score (nSPS) is 12.3. The van der Waals surface area contributed by atoms with E-state index in [0.29, 0.717) is 12.1 Å². The maximum Gasteiger partial charge on any atom is 0.374 e. The molecule has 0 radical (unpaired) electrons. The van der Waals surface area contributed by atoms with Crippen molar-refractivity contribution in [2.24, 2.45) is 0 Å². The van der Waals surface area contributed by atoms with Crippen molar-refractivity contribution in [3.63, 3.8) is 0 Å². The highest BCUT2D eigenvalue weighted by Crippen LogP contribution is 2.21. The summed E-state index contributed by atoms with van der Waals surface area (Å²) in [6.45, 7) is 1.71. The number of aliphatic hydroxyl groups is 1. The largest absolute Gasteiger partial charge is 0.475 e. The molecule has 1 heterocycles. The van der Waals surface area contributed by atoms with Crippen LogP contribution in [0.5, 0.6) is 0 Å². The molecule has 0 saturated heterocycles. The fraction of sp³-hybridized carbons (Fsp3) is 0.231. The zero-order valence-electron chi connectivity index (χ0n) is 9.83. The molecule has 0 bridgehead atoms. The van der Waals surface area contributed by atoms with Crippen molar-refractivity contribution in [1.29, 1.82) is 0 Å². The average Bonchev–Trinajstić information content (AvgIpc) is 2.77. The highest BCUT2D eigenvalue weighted by atomic mass is 16.5. The Labute approximate surface area is 104 Å². The summed E-state index contributed by atoms with van der Waals surface area (Å²) in [6, 6.07) is 8.78. The van der Waals surface area contributed by atoms with Gasteiger partial charge in [-0.2, -0.15) is 0 Å². The molecule has 1 aromatic carbocycles. The molecule has 2 aromatic rings. The molecular formula is C13H13NO4. The van der Waals surface area contributed by atoms with Gasteiger partial charge in [-0.1, -0.05) is 23.4 Å². The number of nitrogens with zero attached hydrogens (tertiary/aromatic N) is 1. The third kappa shape index (κ3) is 2.75. The van der Waals surface area contributed by atoms with Gasteiger partial charge in [-0.05, 0) is 25.0 Å². The maximum absolute atomic E-state index is 10.7. The molecule has 2 rings (SSSR count). The van der Waals surface area contributed by atoms with Crippen LogP contribution in [0, 0.1) is 0 Å². The summed E-state index contributed by atoms with van der Waals surface area (Å²) in [7, 11) is 0. The van der Waals surface area contributed by atoms with Gasteiger partial charge in [0.25, 0.3) is 0 Å². The van der Waals surface area contributed by atoms with Gasteiger partial charge < -0.3 is 14.7 Å². The van der Waals surface area contributed by atoms with Gasteiger partial charge in [0, 0.05) is 11.6 Å². The van der Waals surface area contributed by atoms with Crippen molar-refractivity contribution >= 4 is 5.97 Å². The minimum absolute atomic E-state index is 0.189. The number of carbonyl (C=O) groups is 1. The second-order valence-electron chi connectivity index (χ2n) is 4.14. The number of benzene rings is 1. The standard InChI is InChI=1S/C13H13NO4/c1-8(15)5-9-3-2-4-10(6-9)11-7-12(13(16)17)18-14-11/h2-4,6-8,15H,5H2,1H3,(H,16,17). The number of hydrogen-bond donors (Lipinski definition) is 2. The van der Waals surface area contributed by atoms with Gasteiger partial charge in [-0.3, -0.25) is 0 Å². The minimum atomic E-state index is -1.14. The van der Waals surface area contributed by atoms with Crippen LogP contribution in [-0.4, -0.2) is 27.4 Å². The summed E-state index contributed by atoms with van der Waals surface area (Å²) in [5.74, 6) is -1.33. The summed E-state index contributed by atoms with van der Waals surface area (Å²) >= 11 is 0. The smallest absolute Gasteiger partial charge is 0.374 e. The van der Waals surface area contributed by atoms with Gasteiger partial charge in [0.1, 0.15) is 5.69 Å². The molecule has 94 valence electrons. The van der Waals surface area contributed by atoms with Crippen molar-refractivity contribution in [3.05, 3.63) is 41.7 Å². The first-order valence-corrected chi connectivity index (χ1v) is 5.53. The van der Waals surface area contributed by atoms with Crippen molar-refractivity contribution in [2.75, 3.05) is 0 Å². The summed E-state index contributed by atoms with van der Waals surface area (Å²) < 4.78 is 4.70. The van der Waals surface area contributed by atoms with Gasteiger partial charge >= 0.3 is 5.97 Å². The van der Waals surface area contributed by atoms with Gasteiger partial charge in [0.2, 0.25) is 5.76 Å². The molecule has 0 fully saturated rings. The summed E-state index contributed by atoms with van der Waals surface area (Å²) in [4.78, 5) is 10.7. The molecule has 0 aliphatic rings. The van der Waals surface area contributed by atoms with E-state index in [4.69, 9.17) is 9.63 Å². The van der Waals surface area contributed by atoms with E-state index in [1.165, 1.54) is 6.07 Å². The Balaban J connectivity index is 2.29. The van der Waals surface area contributed by atoms with Crippen LogP contribution in [0.15, 0.2) is 34.9 Å². The number of carboxylic acids is 1. The Morgan fingerprint density at radius 3 is 2.83 bits per heavy atom. The van der Waals surface area contributed by atoms with Gasteiger partial charge in [-0.25, -0.2) is 4.79 Å². The van der Waals surface area contributed by atoms with E-state index in [9.17, 15) is 9.90 Å². The predicted octanol–water partition coefficient (Wildman–Crippen LogP) is 1.96. The van der Waals surface area contributed by atoms with E-state index in [2.05, 4.69) is 5.16 Å². The van der Waals surface area contributed by atoms with Gasteiger partial charge in [0.05, 0.1) is 6.10 Å². The Morgan fingerprint density at radius 2 is 2.22 bits per heavy atom. The Morgan fingerprint density at radius 1 is 1.44 bits per heavy atom. The van der Waals surface area contributed by atoms with E-state index in [0.717, 1.165) is 11.1 Å². The lowest BCUT2D eigenvalue weighted by Crippen LogP contribution is -2.03. The number of aromatic carboxylic acids is 1. The highest BCUT2D eigenvalue weighted by molar-refractivity contribution is 5.85. The molecular weight excluding hydrogens is 234 g/mol. The average molecular weight is 247 g/mol. The lowest BCUT2D eigenvalue weighted by atomic mass is 10.0. The van der Waals surface area contributed by atoms with E-state index in [1.807, 2.05) is 24.3 Å². The van der Waals surface area contributed by atoms with Crippen LogP contribution in [0.1, 0.15) is 23.0 Å². The number of rotatable bonds is 4. The fourth-order valence-corrected chi connectivity index (χ4v) is 1.71. The lowest BCUT2D eigenvalue weighted by Gasteiger charge is -2.05. The Hall–Kier alpha value is -2.14. The summed E-state index contributed by atoms with van der Waals surface area (Å²) in [5.41, 5.74) is 2.20. The minimum Gasteiger partial charge on any atom is -0.475 e. The molecule has 18 heavy (non-hydrogen) atoms. The Bertz CT molecular complexity index is 560. The molecule has 5 nitrogen and oxygen atoms in total. The van der Waals surface area contributed by atoms with Crippen LogP contribution >= 0.6 is 0 Å². The zero-order valence-corrected chi connectivity index (χ0v) is 9.83. The monoisotopic (exact) mass is 247 g/mol. The fourth-order valence-electron chi connectivity index (χ4n) is 1.71. The van der Waals surface area contributed by atoms with Gasteiger partial charge in [0.15, 0.2) is 0 Å². The molecule has 2 N–H and O–H groups in total. The molecule has 5 heteroatoms. The first-order chi connectivity index (χ1) is 8.56. The van der Waals surface area contributed by atoms with Crippen LogP contribution in [0.2, 0.25) is 0 Å². The Kier molecular flexibility index (Phi) is 3.43. The van der Waals surface area contributed by atoms with E-state index >= 15 is 0 Å². The highest BCUT2D eigenvalue weighted by Gasteiger charge is 2.12. The third-order valence-corrected chi connectivity index (χ3v) is 2.47. The number of hydrogen-bond acceptors (Lipinski definition) is 4. The molecule has 0 amide bonds. The molecule has 0 aliphatic carbocycles. The summed E-state index contributed by atoms with van der Waals surface area (Å²) in [6.07, 6.45) is 0.115.